The molecule has 0 aromatic heterocycles. The van der Waals surface area contributed by atoms with E-state index >= 15 is 0 Å². The Balaban J connectivity index is 1.74. The van der Waals surface area contributed by atoms with Crippen molar-refractivity contribution in [1.29, 1.82) is 0 Å². The second-order valence-electron chi connectivity index (χ2n) is 5.00. The van der Waals surface area contributed by atoms with Crippen LogP contribution in [0.4, 0.5) is 5.69 Å². The average molecular weight is 276 g/mol. The number of hydrogen-bond acceptors (Lipinski definition) is 3. The van der Waals surface area contributed by atoms with Gasteiger partial charge in [0.15, 0.2) is 0 Å². The zero-order valence-electron chi connectivity index (χ0n) is 11.5. The van der Waals surface area contributed by atoms with Crippen molar-refractivity contribution >= 4 is 17.6 Å². The number of rotatable bonds is 5. The lowest BCUT2D eigenvalue weighted by molar-refractivity contribution is -0.131. The van der Waals surface area contributed by atoms with E-state index in [-0.39, 0.29) is 11.5 Å². The van der Waals surface area contributed by atoms with Crippen LogP contribution in [0.2, 0.25) is 0 Å². The lowest BCUT2D eigenvalue weighted by Gasteiger charge is -2.26. The highest BCUT2D eigenvalue weighted by atomic mass is 16.4. The van der Waals surface area contributed by atoms with Gasteiger partial charge in [-0.05, 0) is 43.5 Å². The monoisotopic (exact) mass is 276 g/mol. The number of carboxylic acids is 1. The third-order valence-corrected chi connectivity index (χ3v) is 3.51. The van der Waals surface area contributed by atoms with Crippen LogP contribution < -0.4 is 5.32 Å². The smallest absolute Gasteiger partial charge is 0.335 e. The molecule has 20 heavy (non-hydrogen) atoms. The van der Waals surface area contributed by atoms with Crippen LogP contribution in [-0.4, -0.2) is 41.5 Å². The van der Waals surface area contributed by atoms with Gasteiger partial charge in [0.25, 0.3) is 0 Å². The van der Waals surface area contributed by atoms with Crippen LogP contribution in [0.15, 0.2) is 24.3 Å². The fourth-order valence-electron chi connectivity index (χ4n) is 2.35. The first kappa shape index (κ1) is 14.4. The Morgan fingerprint density at radius 3 is 2.35 bits per heavy atom. The van der Waals surface area contributed by atoms with Crippen molar-refractivity contribution in [2.45, 2.75) is 25.7 Å². The van der Waals surface area contributed by atoms with Crippen LogP contribution in [0, 0.1) is 0 Å². The molecule has 108 valence electrons. The summed E-state index contributed by atoms with van der Waals surface area (Å²) in [6.07, 6.45) is 3.91. The van der Waals surface area contributed by atoms with Gasteiger partial charge in [0, 0.05) is 31.7 Å². The van der Waals surface area contributed by atoms with Crippen molar-refractivity contribution < 1.29 is 14.7 Å². The summed E-state index contributed by atoms with van der Waals surface area (Å²) >= 11 is 0. The molecule has 1 amide bonds. The highest BCUT2D eigenvalue weighted by Gasteiger charge is 2.15. The predicted molar refractivity (Wildman–Crippen MR) is 76.9 cm³/mol. The average Bonchev–Trinajstić information content (AvgIpc) is 2.48. The summed E-state index contributed by atoms with van der Waals surface area (Å²) in [4.78, 5) is 24.6. The topological polar surface area (TPSA) is 69.6 Å². The number of carbonyl (C=O) groups excluding carboxylic acids is 1. The maximum absolute atomic E-state index is 11.9. The van der Waals surface area contributed by atoms with E-state index < -0.39 is 5.97 Å². The van der Waals surface area contributed by atoms with E-state index in [9.17, 15) is 9.59 Å². The molecule has 1 aromatic rings. The largest absolute Gasteiger partial charge is 0.478 e. The predicted octanol–water partition coefficient (Wildman–Crippen LogP) is 2.20. The van der Waals surface area contributed by atoms with Crippen LogP contribution in [0.25, 0.3) is 0 Å². The molecule has 0 radical (unpaired) electrons. The lowest BCUT2D eigenvalue weighted by atomic mass is 10.1. The quantitative estimate of drug-likeness (QED) is 0.865. The van der Waals surface area contributed by atoms with Crippen molar-refractivity contribution in [3.05, 3.63) is 29.8 Å². The van der Waals surface area contributed by atoms with E-state index in [0.717, 1.165) is 31.6 Å². The first-order chi connectivity index (χ1) is 9.66. The van der Waals surface area contributed by atoms with E-state index in [0.29, 0.717) is 13.0 Å². The van der Waals surface area contributed by atoms with Crippen LogP contribution in [-0.2, 0) is 4.79 Å². The molecular formula is C15H20N2O3. The number of carboxylic acid groups (broad SMARTS) is 1. The first-order valence-electron chi connectivity index (χ1n) is 7.02. The van der Waals surface area contributed by atoms with Crippen LogP contribution in [0.5, 0.6) is 0 Å². The molecule has 0 atom stereocenters. The number of nitrogens with one attached hydrogen (secondary N) is 1. The highest BCUT2D eigenvalue weighted by molar-refractivity contribution is 5.88. The van der Waals surface area contributed by atoms with E-state index in [2.05, 4.69) is 5.32 Å². The minimum atomic E-state index is -0.933. The Hall–Kier alpha value is -2.04. The molecule has 0 aliphatic carbocycles. The highest BCUT2D eigenvalue weighted by Crippen LogP contribution is 2.11. The first-order valence-corrected chi connectivity index (χ1v) is 7.02. The van der Waals surface area contributed by atoms with E-state index in [1.165, 1.54) is 6.42 Å². The number of hydrogen-bond donors (Lipinski definition) is 2. The summed E-state index contributed by atoms with van der Waals surface area (Å²) in [6.45, 7) is 2.33. The van der Waals surface area contributed by atoms with Gasteiger partial charge in [-0.1, -0.05) is 0 Å². The Morgan fingerprint density at radius 2 is 1.75 bits per heavy atom. The number of nitrogens with zero attached hydrogens (tertiary/aromatic N) is 1. The van der Waals surface area contributed by atoms with Crippen LogP contribution >= 0.6 is 0 Å². The number of likely N-dealkylation sites (tertiary alicyclic amines) is 1. The minimum Gasteiger partial charge on any atom is -0.478 e. The molecule has 5 heteroatoms. The second-order valence-corrected chi connectivity index (χ2v) is 5.00. The van der Waals surface area contributed by atoms with Gasteiger partial charge in [-0.3, -0.25) is 4.79 Å². The molecular weight excluding hydrogens is 256 g/mol. The van der Waals surface area contributed by atoms with Gasteiger partial charge in [0.05, 0.1) is 5.56 Å². The van der Waals surface area contributed by atoms with Gasteiger partial charge in [-0.2, -0.15) is 0 Å². The fourth-order valence-corrected chi connectivity index (χ4v) is 2.35. The molecule has 1 fully saturated rings. The van der Waals surface area contributed by atoms with E-state index in [4.69, 9.17) is 5.11 Å². The third kappa shape index (κ3) is 3.98. The molecule has 0 spiro atoms. The summed E-state index contributed by atoms with van der Waals surface area (Å²) in [5.41, 5.74) is 1.10. The zero-order chi connectivity index (χ0) is 14.4. The lowest BCUT2D eigenvalue weighted by Crippen LogP contribution is -2.36. The number of piperidine rings is 1. The van der Waals surface area contributed by atoms with Gasteiger partial charge in [0.2, 0.25) is 5.91 Å². The number of aromatic carboxylic acids is 1. The van der Waals surface area contributed by atoms with Gasteiger partial charge in [-0.15, -0.1) is 0 Å². The van der Waals surface area contributed by atoms with Crippen LogP contribution in [0.3, 0.4) is 0 Å². The molecule has 2 N–H and O–H groups in total. The summed E-state index contributed by atoms with van der Waals surface area (Å²) < 4.78 is 0. The number of carbonyl (C=O) groups is 2. The molecule has 0 unspecified atom stereocenters. The Labute approximate surface area is 118 Å². The SMILES string of the molecule is O=C(O)c1ccc(NCCC(=O)N2CCCCC2)cc1. The minimum absolute atomic E-state index is 0.194. The summed E-state index contributed by atoms with van der Waals surface area (Å²) in [5.74, 6) is -0.740. The van der Waals surface area contributed by atoms with Crippen molar-refractivity contribution in [2.24, 2.45) is 0 Å². The van der Waals surface area contributed by atoms with Gasteiger partial charge >= 0.3 is 5.97 Å². The molecule has 2 rings (SSSR count). The van der Waals surface area contributed by atoms with Crippen molar-refractivity contribution in [3.8, 4) is 0 Å². The third-order valence-electron chi connectivity index (χ3n) is 3.51. The normalized spacial score (nSPS) is 14.9. The molecule has 1 aliphatic rings. The molecule has 0 saturated carbocycles. The molecule has 5 nitrogen and oxygen atoms in total. The van der Waals surface area contributed by atoms with Crippen LogP contribution in [0.1, 0.15) is 36.0 Å². The van der Waals surface area contributed by atoms with Crippen molar-refractivity contribution in [2.75, 3.05) is 25.0 Å². The molecule has 1 aliphatic heterocycles. The summed E-state index contributed by atoms with van der Waals surface area (Å²) in [7, 11) is 0. The molecule has 1 heterocycles. The molecule has 1 saturated heterocycles. The number of amides is 1. The maximum atomic E-state index is 11.9. The molecule has 0 bridgehead atoms. The van der Waals surface area contributed by atoms with E-state index in [1.807, 2.05) is 4.90 Å². The van der Waals surface area contributed by atoms with Gasteiger partial charge < -0.3 is 15.3 Å². The maximum Gasteiger partial charge on any atom is 0.335 e. The fraction of sp³-hybridized carbons (Fsp3) is 0.467. The van der Waals surface area contributed by atoms with Gasteiger partial charge in [0.1, 0.15) is 0 Å². The van der Waals surface area contributed by atoms with Gasteiger partial charge in [-0.25, -0.2) is 4.79 Å². The number of benzene rings is 1. The van der Waals surface area contributed by atoms with Crippen molar-refractivity contribution in [1.82, 2.24) is 4.90 Å². The van der Waals surface area contributed by atoms with E-state index in [1.54, 1.807) is 24.3 Å². The summed E-state index contributed by atoms with van der Waals surface area (Å²) in [6, 6.07) is 6.54. The molecule has 1 aromatic carbocycles. The standard InChI is InChI=1S/C15H20N2O3/c18-14(17-10-2-1-3-11-17)8-9-16-13-6-4-12(5-7-13)15(19)20/h4-7,16H,1-3,8-11H2,(H,19,20). The Bertz CT molecular complexity index is 465. The van der Waals surface area contributed by atoms with Crippen molar-refractivity contribution in [3.63, 3.8) is 0 Å². The Kier molecular flexibility index (Phi) is 4.98. The second kappa shape index (κ2) is 6.93. The summed E-state index contributed by atoms with van der Waals surface area (Å²) in [5, 5.41) is 11.9. The number of anilines is 1. The zero-order valence-corrected chi connectivity index (χ0v) is 11.5. The Morgan fingerprint density at radius 1 is 1.10 bits per heavy atom.